The molecule has 1 saturated carbocycles. The Bertz CT molecular complexity index is 173. The van der Waals surface area contributed by atoms with Crippen LogP contribution in [0.3, 0.4) is 0 Å². The molecule has 13 heavy (non-hydrogen) atoms. The maximum absolute atomic E-state index is 13.3. The lowest BCUT2D eigenvalue weighted by atomic mass is 9.73. The summed E-state index contributed by atoms with van der Waals surface area (Å²) >= 11 is 0. The van der Waals surface area contributed by atoms with Crippen LogP contribution in [0, 0.1) is 11.8 Å². The Labute approximate surface area is 83.7 Å². The van der Waals surface area contributed by atoms with Gasteiger partial charge in [-0.1, -0.05) is 0 Å². The molecule has 2 atom stereocenters. The first-order valence-corrected chi connectivity index (χ1v) is 4.79. The molecule has 1 aliphatic heterocycles. The number of hydrogen-bond donors (Lipinski definition) is 1. The molecule has 0 bridgehead atoms. The summed E-state index contributed by atoms with van der Waals surface area (Å²) in [6, 6.07) is 0. The Morgan fingerprint density at radius 1 is 1.23 bits per heavy atom. The van der Waals surface area contributed by atoms with Gasteiger partial charge in [-0.2, -0.15) is 0 Å². The molecule has 0 aromatic carbocycles. The lowest BCUT2D eigenvalue weighted by Crippen LogP contribution is -2.47. The van der Waals surface area contributed by atoms with E-state index < -0.39 is 5.92 Å². The molecule has 2 fully saturated rings. The first kappa shape index (κ1) is 11.2. The summed E-state index contributed by atoms with van der Waals surface area (Å²) in [5.41, 5.74) is 0. The number of hydrogen-bond acceptors (Lipinski definition) is 1. The van der Waals surface area contributed by atoms with Crippen LogP contribution in [0.5, 0.6) is 0 Å². The molecule has 1 heterocycles. The number of rotatable bonds is 0. The molecule has 1 saturated heterocycles. The minimum absolute atomic E-state index is 0. The molecule has 4 heteroatoms. The van der Waals surface area contributed by atoms with Crippen molar-refractivity contribution in [1.82, 2.24) is 5.32 Å². The molecular weight excluding hydrogens is 196 g/mol. The van der Waals surface area contributed by atoms with Crippen molar-refractivity contribution in [2.75, 3.05) is 13.1 Å². The third-order valence-corrected chi connectivity index (χ3v) is 3.24. The lowest BCUT2D eigenvalue weighted by Gasteiger charge is -2.41. The van der Waals surface area contributed by atoms with Crippen molar-refractivity contribution >= 4 is 12.4 Å². The summed E-state index contributed by atoms with van der Waals surface area (Å²) in [6.45, 7) is 1.58. The van der Waals surface area contributed by atoms with Gasteiger partial charge in [0.1, 0.15) is 0 Å². The zero-order valence-corrected chi connectivity index (χ0v) is 8.38. The molecule has 1 nitrogen and oxygen atoms in total. The SMILES string of the molecule is Cl.FC1(F)CCCC2CNCCC21. The summed E-state index contributed by atoms with van der Waals surface area (Å²) in [7, 11) is 0. The summed E-state index contributed by atoms with van der Waals surface area (Å²) in [5, 5.41) is 3.19. The van der Waals surface area contributed by atoms with Crippen LogP contribution >= 0.6 is 12.4 Å². The number of piperidine rings is 1. The molecule has 0 aromatic heterocycles. The first-order chi connectivity index (χ1) is 5.70. The van der Waals surface area contributed by atoms with Crippen LogP contribution in [0.1, 0.15) is 25.7 Å². The van der Waals surface area contributed by atoms with Crippen molar-refractivity contribution in [3.8, 4) is 0 Å². The largest absolute Gasteiger partial charge is 0.316 e. The molecule has 0 aromatic rings. The van der Waals surface area contributed by atoms with E-state index in [-0.39, 0.29) is 30.7 Å². The van der Waals surface area contributed by atoms with E-state index in [2.05, 4.69) is 5.32 Å². The topological polar surface area (TPSA) is 12.0 Å². The van der Waals surface area contributed by atoms with Crippen molar-refractivity contribution in [2.45, 2.75) is 31.6 Å². The average molecular weight is 212 g/mol. The van der Waals surface area contributed by atoms with E-state index in [4.69, 9.17) is 0 Å². The van der Waals surface area contributed by atoms with Crippen molar-refractivity contribution in [1.29, 1.82) is 0 Å². The Morgan fingerprint density at radius 2 is 2.00 bits per heavy atom. The quantitative estimate of drug-likeness (QED) is 0.649. The highest BCUT2D eigenvalue weighted by molar-refractivity contribution is 5.85. The van der Waals surface area contributed by atoms with E-state index in [9.17, 15) is 8.78 Å². The second-order valence-corrected chi connectivity index (χ2v) is 4.01. The molecular formula is C9H16ClF2N. The monoisotopic (exact) mass is 211 g/mol. The Morgan fingerprint density at radius 3 is 2.69 bits per heavy atom. The second-order valence-electron chi connectivity index (χ2n) is 4.01. The van der Waals surface area contributed by atoms with Crippen LogP contribution in [0.4, 0.5) is 8.78 Å². The van der Waals surface area contributed by atoms with E-state index in [0.717, 1.165) is 19.5 Å². The molecule has 2 aliphatic rings. The zero-order valence-electron chi connectivity index (χ0n) is 7.56. The van der Waals surface area contributed by atoms with Gasteiger partial charge >= 0.3 is 0 Å². The van der Waals surface area contributed by atoms with Gasteiger partial charge in [0.15, 0.2) is 0 Å². The Kier molecular flexibility index (Phi) is 3.52. The van der Waals surface area contributed by atoms with E-state index in [1.165, 1.54) is 0 Å². The van der Waals surface area contributed by atoms with Gasteiger partial charge in [-0.05, 0) is 38.3 Å². The van der Waals surface area contributed by atoms with Crippen LogP contribution in [0.2, 0.25) is 0 Å². The van der Waals surface area contributed by atoms with Crippen molar-refractivity contribution < 1.29 is 8.78 Å². The lowest BCUT2D eigenvalue weighted by molar-refractivity contribution is -0.117. The smallest absolute Gasteiger partial charge is 0.251 e. The maximum Gasteiger partial charge on any atom is 0.251 e. The van der Waals surface area contributed by atoms with E-state index >= 15 is 0 Å². The van der Waals surface area contributed by atoms with Gasteiger partial charge in [0.2, 0.25) is 0 Å². The fraction of sp³-hybridized carbons (Fsp3) is 1.00. The van der Waals surface area contributed by atoms with Gasteiger partial charge in [0.25, 0.3) is 5.92 Å². The highest BCUT2D eigenvalue weighted by atomic mass is 35.5. The molecule has 0 radical (unpaired) electrons. The number of nitrogens with one attached hydrogen (secondary N) is 1. The number of alkyl halides is 2. The minimum Gasteiger partial charge on any atom is -0.316 e. The average Bonchev–Trinajstić information content (AvgIpc) is 2.04. The summed E-state index contributed by atoms with van der Waals surface area (Å²) < 4.78 is 26.6. The first-order valence-electron chi connectivity index (χ1n) is 4.79. The number of halogens is 3. The van der Waals surface area contributed by atoms with Gasteiger partial charge in [-0.25, -0.2) is 8.78 Å². The second kappa shape index (κ2) is 4.09. The highest BCUT2D eigenvalue weighted by Gasteiger charge is 2.47. The molecule has 78 valence electrons. The van der Waals surface area contributed by atoms with Crippen LogP contribution in [-0.2, 0) is 0 Å². The van der Waals surface area contributed by atoms with Gasteiger partial charge in [-0.15, -0.1) is 12.4 Å². The van der Waals surface area contributed by atoms with Gasteiger partial charge < -0.3 is 5.32 Å². The molecule has 0 amide bonds. The Hall–Kier alpha value is 0.110. The predicted octanol–water partition coefficient (Wildman–Crippen LogP) is 2.45. The molecule has 2 rings (SSSR count). The fourth-order valence-corrected chi connectivity index (χ4v) is 2.57. The maximum atomic E-state index is 13.3. The van der Waals surface area contributed by atoms with Crippen LogP contribution < -0.4 is 5.32 Å². The Balaban J connectivity index is 0.000000845. The predicted molar refractivity (Wildman–Crippen MR) is 50.5 cm³/mol. The van der Waals surface area contributed by atoms with Gasteiger partial charge in [0, 0.05) is 12.3 Å². The summed E-state index contributed by atoms with van der Waals surface area (Å²) in [6.07, 6.45) is 2.48. The van der Waals surface area contributed by atoms with Crippen molar-refractivity contribution in [2.24, 2.45) is 11.8 Å². The normalized spacial score (nSPS) is 37.4. The van der Waals surface area contributed by atoms with Crippen LogP contribution in [-0.4, -0.2) is 19.0 Å². The minimum atomic E-state index is -2.37. The molecule has 0 spiro atoms. The molecule has 1 aliphatic carbocycles. The third kappa shape index (κ3) is 2.13. The highest BCUT2D eigenvalue weighted by Crippen LogP contribution is 2.44. The number of fused-ring (bicyclic) bond motifs is 1. The third-order valence-electron chi connectivity index (χ3n) is 3.24. The van der Waals surface area contributed by atoms with E-state index in [1.807, 2.05) is 0 Å². The van der Waals surface area contributed by atoms with Gasteiger partial charge in [0.05, 0.1) is 0 Å². The van der Waals surface area contributed by atoms with Crippen molar-refractivity contribution in [3.05, 3.63) is 0 Å². The standard InChI is InChI=1S/C9H15F2N.ClH/c10-9(11)4-1-2-7-6-12-5-3-8(7)9;/h7-8,12H,1-6H2;1H. The van der Waals surface area contributed by atoms with E-state index in [1.54, 1.807) is 0 Å². The molecule has 2 unspecified atom stereocenters. The summed E-state index contributed by atoms with van der Waals surface area (Å²) in [4.78, 5) is 0. The van der Waals surface area contributed by atoms with E-state index in [0.29, 0.717) is 12.8 Å². The zero-order chi connectivity index (χ0) is 8.60. The van der Waals surface area contributed by atoms with Gasteiger partial charge in [-0.3, -0.25) is 0 Å². The summed E-state index contributed by atoms with van der Waals surface area (Å²) in [5.74, 6) is -2.46. The van der Waals surface area contributed by atoms with Crippen molar-refractivity contribution in [3.63, 3.8) is 0 Å². The molecule has 1 N–H and O–H groups in total. The van der Waals surface area contributed by atoms with Crippen LogP contribution in [0.15, 0.2) is 0 Å². The van der Waals surface area contributed by atoms with Crippen LogP contribution in [0.25, 0.3) is 0 Å². The fourth-order valence-electron chi connectivity index (χ4n) is 2.57.